The summed E-state index contributed by atoms with van der Waals surface area (Å²) >= 11 is 5.86. The van der Waals surface area contributed by atoms with Crippen LogP contribution in [0, 0.1) is 0 Å². The van der Waals surface area contributed by atoms with Crippen LogP contribution in [0.3, 0.4) is 0 Å². The van der Waals surface area contributed by atoms with Crippen molar-refractivity contribution in [2.75, 3.05) is 18.9 Å². The first-order valence-corrected chi connectivity index (χ1v) is 9.34. The number of hydrogen-bond donors (Lipinski definition) is 1. The van der Waals surface area contributed by atoms with Crippen molar-refractivity contribution < 1.29 is 27.5 Å². The molecule has 7 nitrogen and oxygen atoms in total. The molecule has 26 heavy (non-hydrogen) atoms. The Morgan fingerprint density at radius 2 is 1.58 bits per heavy atom. The van der Waals surface area contributed by atoms with Crippen molar-refractivity contribution in [1.82, 2.24) is 0 Å². The standard InChI is InChI=1S/C17H16ClNO6S/c1-24-16(20)12-7-13(17(21)25-2)9-15(8-12)19-26(22,23)10-11-4-3-5-14(18)6-11/h3-9,19H,10H2,1-2H3. The van der Waals surface area contributed by atoms with Gasteiger partial charge >= 0.3 is 11.9 Å². The van der Waals surface area contributed by atoms with Crippen LogP contribution in [0.4, 0.5) is 5.69 Å². The molecule has 2 aromatic rings. The first-order valence-electron chi connectivity index (χ1n) is 7.31. The molecular formula is C17H16ClNO6S. The van der Waals surface area contributed by atoms with Gasteiger partial charge in [0.1, 0.15) is 0 Å². The van der Waals surface area contributed by atoms with Crippen LogP contribution in [0.5, 0.6) is 0 Å². The molecule has 0 saturated heterocycles. The number of rotatable bonds is 6. The maximum Gasteiger partial charge on any atom is 0.337 e. The van der Waals surface area contributed by atoms with E-state index < -0.39 is 22.0 Å². The van der Waals surface area contributed by atoms with E-state index in [0.717, 1.165) is 0 Å². The SMILES string of the molecule is COC(=O)c1cc(NS(=O)(=O)Cc2cccc(Cl)c2)cc(C(=O)OC)c1. The summed E-state index contributed by atoms with van der Waals surface area (Å²) in [5, 5.41) is 0.415. The molecule has 9 heteroatoms. The third-order valence-electron chi connectivity index (χ3n) is 3.29. The summed E-state index contributed by atoms with van der Waals surface area (Å²) < 4.78 is 36.4. The van der Waals surface area contributed by atoms with Gasteiger partial charge in [-0.05, 0) is 35.9 Å². The second-order valence-electron chi connectivity index (χ2n) is 5.27. The van der Waals surface area contributed by atoms with Crippen molar-refractivity contribution in [2.45, 2.75) is 5.75 Å². The molecule has 0 saturated carbocycles. The Kier molecular flexibility index (Phi) is 6.23. The summed E-state index contributed by atoms with van der Waals surface area (Å²) in [7, 11) is -1.46. The summed E-state index contributed by atoms with van der Waals surface area (Å²) in [6.07, 6.45) is 0. The number of carbonyl (C=O) groups excluding carboxylic acids is 2. The van der Waals surface area contributed by atoms with Gasteiger partial charge in [-0.1, -0.05) is 23.7 Å². The van der Waals surface area contributed by atoms with Crippen LogP contribution in [-0.2, 0) is 25.2 Å². The van der Waals surface area contributed by atoms with Crippen molar-refractivity contribution in [3.63, 3.8) is 0 Å². The Bertz CT molecular complexity index is 908. The minimum Gasteiger partial charge on any atom is -0.465 e. The van der Waals surface area contributed by atoms with Crippen molar-refractivity contribution in [3.05, 3.63) is 64.2 Å². The fraction of sp³-hybridized carbons (Fsp3) is 0.176. The minimum absolute atomic E-state index is 0.0101. The van der Waals surface area contributed by atoms with Gasteiger partial charge in [0.2, 0.25) is 10.0 Å². The highest BCUT2D eigenvalue weighted by atomic mass is 35.5. The normalized spacial score (nSPS) is 10.9. The van der Waals surface area contributed by atoms with Crippen molar-refractivity contribution in [3.8, 4) is 0 Å². The van der Waals surface area contributed by atoms with Gasteiger partial charge in [0, 0.05) is 5.02 Å². The van der Waals surface area contributed by atoms with Crippen LogP contribution in [0.2, 0.25) is 5.02 Å². The zero-order valence-electron chi connectivity index (χ0n) is 14.0. The Morgan fingerprint density at radius 3 is 2.08 bits per heavy atom. The molecular weight excluding hydrogens is 382 g/mol. The maximum absolute atomic E-state index is 12.4. The average Bonchev–Trinajstić information content (AvgIpc) is 2.59. The molecule has 0 unspecified atom stereocenters. The monoisotopic (exact) mass is 397 g/mol. The van der Waals surface area contributed by atoms with Crippen LogP contribution in [0.25, 0.3) is 0 Å². The second-order valence-corrected chi connectivity index (χ2v) is 7.43. The molecule has 0 aromatic heterocycles. The molecule has 0 bridgehead atoms. The number of halogens is 1. The molecule has 0 fully saturated rings. The van der Waals surface area contributed by atoms with E-state index in [-0.39, 0.29) is 22.6 Å². The summed E-state index contributed by atoms with van der Waals surface area (Å²) in [5.41, 5.74) is 0.546. The average molecular weight is 398 g/mol. The predicted octanol–water partition coefficient (Wildman–Crippen LogP) is 2.86. The van der Waals surface area contributed by atoms with Crippen molar-refractivity contribution in [2.24, 2.45) is 0 Å². The zero-order valence-corrected chi connectivity index (χ0v) is 15.6. The van der Waals surface area contributed by atoms with Gasteiger partial charge in [0.15, 0.2) is 0 Å². The number of ether oxygens (including phenoxy) is 2. The van der Waals surface area contributed by atoms with E-state index in [2.05, 4.69) is 14.2 Å². The van der Waals surface area contributed by atoms with Gasteiger partial charge in [-0.25, -0.2) is 18.0 Å². The van der Waals surface area contributed by atoms with Crippen LogP contribution < -0.4 is 4.72 Å². The molecule has 0 spiro atoms. The number of hydrogen-bond acceptors (Lipinski definition) is 6. The highest BCUT2D eigenvalue weighted by Crippen LogP contribution is 2.20. The summed E-state index contributed by atoms with van der Waals surface area (Å²) in [4.78, 5) is 23.5. The number of sulfonamides is 1. The molecule has 138 valence electrons. The quantitative estimate of drug-likeness (QED) is 0.752. The fourth-order valence-electron chi connectivity index (χ4n) is 2.22. The van der Waals surface area contributed by atoms with E-state index in [1.807, 2.05) is 0 Å². The Hall–Kier alpha value is -2.58. The smallest absolute Gasteiger partial charge is 0.337 e. The fourth-order valence-corrected chi connectivity index (χ4v) is 3.60. The van der Waals surface area contributed by atoms with E-state index in [1.54, 1.807) is 18.2 Å². The first-order chi connectivity index (χ1) is 12.2. The first kappa shape index (κ1) is 19.7. The zero-order chi connectivity index (χ0) is 19.3. The molecule has 2 rings (SSSR count). The number of esters is 2. The Morgan fingerprint density at radius 1 is 1.00 bits per heavy atom. The number of methoxy groups -OCH3 is 2. The molecule has 0 heterocycles. The Labute approximate surface area is 155 Å². The van der Waals surface area contributed by atoms with Gasteiger partial charge in [-0.3, -0.25) is 4.72 Å². The summed E-state index contributed by atoms with van der Waals surface area (Å²) in [5.74, 6) is -1.76. The minimum atomic E-state index is -3.82. The van der Waals surface area contributed by atoms with E-state index in [9.17, 15) is 18.0 Å². The molecule has 0 aliphatic heterocycles. The van der Waals surface area contributed by atoms with Crippen molar-refractivity contribution >= 4 is 39.3 Å². The van der Waals surface area contributed by atoms with Crippen LogP contribution in [-0.4, -0.2) is 34.6 Å². The van der Waals surface area contributed by atoms with Gasteiger partial charge in [0.05, 0.1) is 36.8 Å². The number of carbonyl (C=O) groups is 2. The van der Waals surface area contributed by atoms with Crippen LogP contribution >= 0.6 is 11.6 Å². The lowest BCUT2D eigenvalue weighted by Gasteiger charge is -2.11. The van der Waals surface area contributed by atoms with E-state index in [0.29, 0.717) is 10.6 Å². The molecule has 2 aromatic carbocycles. The van der Waals surface area contributed by atoms with E-state index in [1.165, 1.54) is 38.5 Å². The molecule has 1 N–H and O–H groups in total. The number of benzene rings is 2. The van der Waals surface area contributed by atoms with Crippen LogP contribution in [0.1, 0.15) is 26.3 Å². The lowest BCUT2D eigenvalue weighted by Crippen LogP contribution is -2.16. The largest absolute Gasteiger partial charge is 0.465 e. The van der Waals surface area contributed by atoms with Gasteiger partial charge in [0.25, 0.3) is 0 Å². The lowest BCUT2D eigenvalue weighted by atomic mass is 10.1. The predicted molar refractivity (Wildman–Crippen MR) is 96.8 cm³/mol. The highest BCUT2D eigenvalue weighted by molar-refractivity contribution is 7.91. The maximum atomic E-state index is 12.4. The summed E-state index contributed by atoms with van der Waals surface area (Å²) in [6.45, 7) is 0. The molecule has 0 aliphatic carbocycles. The lowest BCUT2D eigenvalue weighted by molar-refractivity contribution is 0.0599. The highest BCUT2D eigenvalue weighted by Gasteiger charge is 2.17. The topological polar surface area (TPSA) is 98.8 Å². The molecule has 0 atom stereocenters. The second kappa shape index (κ2) is 8.20. The Balaban J connectivity index is 2.34. The molecule has 0 radical (unpaired) electrons. The van der Waals surface area contributed by atoms with Gasteiger partial charge in [-0.2, -0.15) is 0 Å². The number of anilines is 1. The van der Waals surface area contributed by atoms with Gasteiger partial charge in [-0.15, -0.1) is 0 Å². The van der Waals surface area contributed by atoms with Crippen molar-refractivity contribution in [1.29, 1.82) is 0 Å². The molecule has 0 amide bonds. The van der Waals surface area contributed by atoms with Gasteiger partial charge < -0.3 is 9.47 Å². The third-order valence-corrected chi connectivity index (χ3v) is 4.79. The van der Waals surface area contributed by atoms with E-state index >= 15 is 0 Å². The van der Waals surface area contributed by atoms with E-state index in [4.69, 9.17) is 11.6 Å². The van der Waals surface area contributed by atoms with Crippen LogP contribution in [0.15, 0.2) is 42.5 Å². The molecule has 0 aliphatic rings. The number of nitrogens with one attached hydrogen (secondary N) is 1. The summed E-state index contributed by atoms with van der Waals surface area (Å²) in [6, 6.07) is 10.2. The third kappa shape index (κ3) is 5.21.